The third-order valence-electron chi connectivity index (χ3n) is 2.74. The van der Waals surface area contributed by atoms with Gasteiger partial charge in [0.2, 0.25) is 0 Å². The number of thioether (sulfide) groups is 1. The Morgan fingerprint density at radius 1 is 1.26 bits per heavy atom. The lowest BCUT2D eigenvalue weighted by atomic mass is 10.1. The van der Waals surface area contributed by atoms with E-state index in [2.05, 4.69) is 5.32 Å². The van der Waals surface area contributed by atoms with Crippen molar-refractivity contribution in [3.05, 3.63) is 59.4 Å². The van der Waals surface area contributed by atoms with Crippen LogP contribution in [0.3, 0.4) is 0 Å². The van der Waals surface area contributed by atoms with Crippen LogP contribution in [0.1, 0.15) is 11.1 Å². The van der Waals surface area contributed by atoms with Crippen LogP contribution in [0.5, 0.6) is 0 Å². The molecule has 2 nitrogen and oxygen atoms in total. The molecule has 0 heterocycles. The van der Waals surface area contributed by atoms with E-state index in [9.17, 15) is 4.39 Å². The third-order valence-corrected chi connectivity index (χ3v) is 3.54. The van der Waals surface area contributed by atoms with Crippen molar-refractivity contribution in [2.75, 3.05) is 11.6 Å². The molecule has 0 radical (unpaired) electrons. The first kappa shape index (κ1) is 13.4. The van der Waals surface area contributed by atoms with Crippen molar-refractivity contribution in [3.63, 3.8) is 0 Å². The fourth-order valence-electron chi connectivity index (χ4n) is 1.76. The van der Waals surface area contributed by atoms with Gasteiger partial charge in [-0.25, -0.2) is 4.39 Å². The summed E-state index contributed by atoms with van der Waals surface area (Å²) in [6.07, 6.45) is 2.02. The summed E-state index contributed by atoms with van der Waals surface area (Å²) in [6.45, 7) is 0.562. The number of hydrogen-bond acceptors (Lipinski definition) is 3. The predicted octanol–water partition coefficient (Wildman–Crippen LogP) is 4.03. The molecule has 0 aromatic heterocycles. The largest absolute Gasteiger partial charge is 0.380 e. The number of rotatable bonds is 4. The summed E-state index contributed by atoms with van der Waals surface area (Å²) >= 11 is 1.67. The molecule has 19 heavy (non-hydrogen) atoms. The summed E-state index contributed by atoms with van der Waals surface area (Å²) in [7, 11) is 0. The monoisotopic (exact) mass is 272 g/mol. The zero-order chi connectivity index (χ0) is 13.7. The second-order valence-corrected chi connectivity index (χ2v) is 4.83. The van der Waals surface area contributed by atoms with E-state index in [0.717, 1.165) is 16.1 Å². The molecule has 0 bridgehead atoms. The average Bonchev–Trinajstić information content (AvgIpc) is 2.46. The van der Waals surface area contributed by atoms with Gasteiger partial charge in [-0.2, -0.15) is 5.26 Å². The van der Waals surface area contributed by atoms with Crippen LogP contribution in [-0.2, 0) is 6.54 Å². The molecule has 0 aliphatic carbocycles. The van der Waals surface area contributed by atoms with E-state index in [1.807, 2.05) is 36.6 Å². The second kappa shape index (κ2) is 6.26. The molecule has 4 heteroatoms. The van der Waals surface area contributed by atoms with Crippen LogP contribution in [0.2, 0.25) is 0 Å². The lowest BCUT2D eigenvalue weighted by molar-refractivity contribution is 0.623. The molecule has 0 fully saturated rings. The Labute approximate surface area is 116 Å². The Morgan fingerprint density at radius 3 is 2.79 bits per heavy atom. The molecule has 0 aliphatic heterocycles. The molecule has 0 saturated carbocycles. The molecule has 0 unspecified atom stereocenters. The van der Waals surface area contributed by atoms with Crippen molar-refractivity contribution in [1.29, 1.82) is 5.26 Å². The van der Waals surface area contributed by atoms with Crippen LogP contribution in [0.15, 0.2) is 47.4 Å². The van der Waals surface area contributed by atoms with Crippen molar-refractivity contribution in [2.45, 2.75) is 11.4 Å². The van der Waals surface area contributed by atoms with Crippen molar-refractivity contribution >= 4 is 17.4 Å². The van der Waals surface area contributed by atoms with Crippen molar-refractivity contribution in [2.24, 2.45) is 0 Å². The van der Waals surface area contributed by atoms with Gasteiger partial charge >= 0.3 is 0 Å². The first-order chi connectivity index (χ1) is 9.24. The first-order valence-electron chi connectivity index (χ1n) is 5.80. The molecular formula is C15H13FN2S. The molecule has 0 aliphatic rings. The highest BCUT2D eigenvalue weighted by molar-refractivity contribution is 7.98. The van der Waals surface area contributed by atoms with Crippen LogP contribution in [0.4, 0.5) is 10.1 Å². The van der Waals surface area contributed by atoms with Crippen molar-refractivity contribution in [3.8, 4) is 6.07 Å². The minimum absolute atomic E-state index is 0.0810. The molecule has 96 valence electrons. The molecule has 0 spiro atoms. The zero-order valence-electron chi connectivity index (χ0n) is 10.5. The Morgan fingerprint density at radius 2 is 2.05 bits per heavy atom. The molecule has 2 aromatic rings. The molecule has 2 aromatic carbocycles. The van der Waals surface area contributed by atoms with E-state index in [-0.39, 0.29) is 5.56 Å². The number of halogens is 1. The lowest BCUT2D eigenvalue weighted by Crippen LogP contribution is -2.01. The van der Waals surface area contributed by atoms with Gasteiger partial charge in [0.15, 0.2) is 0 Å². The van der Waals surface area contributed by atoms with Gasteiger partial charge in [-0.15, -0.1) is 11.8 Å². The van der Waals surface area contributed by atoms with Gasteiger partial charge in [0.25, 0.3) is 0 Å². The number of anilines is 1. The van der Waals surface area contributed by atoms with Crippen LogP contribution < -0.4 is 5.32 Å². The minimum atomic E-state index is -0.476. The fraction of sp³-hybridized carbons (Fsp3) is 0.133. The number of para-hydroxylation sites is 1. The van der Waals surface area contributed by atoms with Gasteiger partial charge in [0.1, 0.15) is 11.9 Å². The molecular weight excluding hydrogens is 259 g/mol. The number of nitrogens with zero attached hydrogens (tertiary/aromatic N) is 1. The normalized spacial score (nSPS) is 9.95. The van der Waals surface area contributed by atoms with E-state index in [4.69, 9.17) is 5.26 Å². The third kappa shape index (κ3) is 3.27. The molecule has 0 atom stereocenters. The highest BCUT2D eigenvalue weighted by Crippen LogP contribution is 2.25. The maximum absolute atomic E-state index is 13.2. The van der Waals surface area contributed by atoms with Crippen LogP contribution in [0, 0.1) is 17.1 Å². The Hall–Kier alpha value is -1.99. The van der Waals surface area contributed by atoms with E-state index in [0.29, 0.717) is 6.54 Å². The van der Waals surface area contributed by atoms with Crippen molar-refractivity contribution in [1.82, 2.24) is 0 Å². The van der Waals surface area contributed by atoms with Gasteiger partial charge in [0.05, 0.1) is 5.56 Å². The Kier molecular flexibility index (Phi) is 4.43. The topological polar surface area (TPSA) is 35.8 Å². The molecule has 2 rings (SSSR count). The van der Waals surface area contributed by atoms with E-state index >= 15 is 0 Å². The predicted molar refractivity (Wildman–Crippen MR) is 76.7 cm³/mol. The maximum Gasteiger partial charge on any atom is 0.140 e. The lowest BCUT2D eigenvalue weighted by Gasteiger charge is -2.10. The minimum Gasteiger partial charge on any atom is -0.380 e. The van der Waals surface area contributed by atoms with Crippen LogP contribution in [-0.4, -0.2) is 6.26 Å². The van der Waals surface area contributed by atoms with Gasteiger partial charge in [-0.05, 0) is 36.1 Å². The summed E-state index contributed by atoms with van der Waals surface area (Å²) in [4.78, 5) is 1.16. The quantitative estimate of drug-likeness (QED) is 0.853. The van der Waals surface area contributed by atoms with Crippen LogP contribution >= 0.6 is 11.8 Å². The summed E-state index contributed by atoms with van der Waals surface area (Å²) in [5.74, 6) is -0.476. The summed E-state index contributed by atoms with van der Waals surface area (Å²) in [6, 6.07) is 14.4. The second-order valence-electron chi connectivity index (χ2n) is 3.98. The van der Waals surface area contributed by atoms with Crippen LogP contribution in [0.25, 0.3) is 0 Å². The fourth-order valence-corrected chi connectivity index (χ4v) is 2.33. The first-order valence-corrected chi connectivity index (χ1v) is 7.02. The molecule has 1 N–H and O–H groups in total. The summed E-state index contributed by atoms with van der Waals surface area (Å²) in [5.41, 5.74) is 2.00. The number of nitriles is 1. The Bertz CT molecular complexity index is 620. The molecule has 0 saturated heterocycles. The highest BCUT2D eigenvalue weighted by Gasteiger charge is 2.04. The average molecular weight is 272 g/mol. The highest BCUT2D eigenvalue weighted by atomic mass is 32.2. The van der Waals surface area contributed by atoms with Gasteiger partial charge in [-0.1, -0.05) is 18.2 Å². The smallest absolute Gasteiger partial charge is 0.140 e. The van der Waals surface area contributed by atoms with Gasteiger partial charge in [-0.3, -0.25) is 0 Å². The zero-order valence-corrected chi connectivity index (χ0v) is 11.3. The maximum atomic E-state index is 13.2. The van der Waals surface area contributed by atoms with E-state index in [1.165, 1.54) is 6.07 Å². The summed E-state index contributed by atoms with van der Waals surface area (Å²) in [5, 5.41) is 12.1. The molecule has 0 amide bonds. The SMILES string of the molecule is CSc1ccccc1NCc1ccc(F)c(C#N)c1. The number of benzene rings is 2. The Balaban J connectivity index is 2.13. The summed E-state index contributed by atoms with van der Waals surface area (Å²) < 4.78 is 13.2. The van der Waals surface area contributed by atoms with Gasteiger partial charge in [0, 0.05) is 17.1 Å². The van der Waals surface area contributed by atoms with E-state index in [1.54, 1.807) is 23.9 Å². The van der Waals surface area contributed by atoms with Crippen molar-refractivity contribution < 1.29 is 4.39 Å². The number of hydrogen-bond donors (Lipinski definition) is 1. The van der Waals surface area contributed by atoms with E-state index < -0.39 is 5.82 Å². The van der Waals surface area contributed by atoms with Gasteiger partial charge < -0.3 is 5.32 Å². The number of nitrogens with one attached hydrogen (secondary N) is 1. The standard InChI is InChI=1S/C15H13FN2S/c1-19-15-5-3-2-4-14(15)18-10-11-6-7-13(16)12(8-11)9-17/h2-8,18H,10H2,1H3.